The molecule has 0 fully saturated rings. The summed E-state index contributed by atoms with van der Waals surface area (Å²) in [4.78, 5) is 2.56. The van der Waals surface area contributed by atoms with E-state index in [9.17, 15) is 0 Å². The summed E-state index contributed by atoms with van der Waals surface area (Å²) in [6.07, 6.45) is 0. The van der Waals surface area contributed by atoms with Crippen molar-refractivity contribution in [1.29, 1.82) is 0 Å². The van der Waals surface area contributed by atoms with Crippen molar-refractivity contribution in [2.45, 2.75) is 43.9 Å². The number of para-hydroxylation sites is 2. The van der Waals surface area contributed by atoms with E-state index in [-0.39, 0.29) is 10.8 Å². The second-order valence-electron chi connectivity index (χ2n) is 20.3. The molecule has 0 atom stereocenters. The molecule has 322 valence electrons. The summed E-state index contributed by atoms with van der Waals surface area (Å²) < 4.78 is 0. The highest BCUT2D eigenvalue weighted by Gasteiger charge is 2.51. The molecule has 10 aromatic carbocycles. The second kappa shape index (κ2) is 14.0. The van der Waals surface area contributed by atoms with Gasteiger partial charge in [0.2, 0.25) is 0 Å². The van der Waals surface area contributed by atoms with Gasteiger partial charge in [0.25, 0.3) is 0 Å². The zero-order valence-electron chi connectivity index (χ0n) is 38.8. The number of hydrogen-bond acceptors (Lipinski definition) is 1. The van der Waals surface area contributed by atoms with Gasteiger partial charge in [0, 0.05) is 27.6 Å². The minimum Gasteiger partial charge on any atom is -0.309 e. The predicted octanol–water partition coefficient (Wildman–Crippen LogP) is 17.4. The summed E-state index contributed by atoms with van der Waals surface area (Å²) in [5.74, 6) is 0. The quantitative estimate of drug-likeness (QED) is 0.167. The monoisotopic (exact) mass is 867 g/mol. The van der Waals surface area contributed by atoms with Crippen LogP contribution in [0, 0.1) is 0 Å². The lowest BCUT2D eigenvalue weighted by Gasteiger charge is -2.32. The lowest BCUT2D eigenvalue weighted by atomic mass is 9.70. The maximum absolute atomic E-state index is 2.56. The third-order valence-electron chi connectivity index (χ3n) is 16.3. The molecule has 68 heavy (non-hydrogen) atoms. The molecule has 1 spiro atoms. The Morgan fingerprint density at radius 2 is 0.676 bits per heavy atom. The molecule has 4 aliphatic rings. The van der Waals surface area contributed by atoms with Gasteiger partial charge in [-0.3, -0.25) is 0 Å². The van der Waals surface area contributed by atoms with E-state index in [1.807, 2.05) is 0 Å². The van der Waals surface area contributed by atoms with E-state index in [0.717, 1.165) is 17.1 Å². The van der Waals surface area contributed by atoms with Crippen molar-refractivity contribution in [3.8, 4) is 66.8 Å². The SMILES string of the molecule is CC1(C)c2ccccc2-c2cc(N(c3ccccc3-c3ccc4c(c3)C3(c5ccccc5-c5ccccc53)c3ccccc3-4)c3ccccc3-c3cccc4c3-c3ccccc3C4(C)C)ccc21. The van der Waals surface area contributed by atoms with Crippen LogP contribution in [0.2, 0.25) is 0 Å². The molecule has 0 radical (unpaired) electrons. The van der Waals surface area contributed by atoms with Gasteiger partial charge in [0.15, 0.2) is 0 Å². The summed E-state index contributed by atoms with van der Waals surface area (Å²) in [6, 6.07) is 85.0. The number of rotatable bonds is 5. The number of benzene rings is 10. The van der Waals surface area contributed by atoms with Crippen LogP contribution in [0.3, 0.4) is 0 Å². The summed E-state index contributed by atoms with van der Waals surface area (Å²) >= 11 is 0. The smallest absolute Gasteiger partial charge is 0.0725 e. The summed E-state index contributed by atoms with van der Waals surface area (Å²) in [6.45, 7) is 9.49. The standard InChI is InChI=1S/C67H49N/c1-65(2)54-28-12-5-24-48(54)53-41-43(37-39-56(53)65)68(63-35-18-11-25-50(63)51-27-19-33-60-64(51)52-26-9-13-29-55(52)66(60,3)4)62-34-17-10-20-44(62)42-36-38-49-47-23-8-16-32-59(47)67(61(49)40-42)57-30-14-6-21-45(57)46-22-7-15-31-58(46)67/h5-41H,1-4H3. The van der Waals surface area contributed by atoms with Gasteiger partial charge in [-0.05, 0) is 130 Å². The van der Waals surface area contributed by atoms with Crippen LogP contribution in [0.5, 0.6) is 0 Å². The molecule has 0 bridgehead atoms. The van der Waals surface area contributed by atoms with Gasteiger partial charge in [0.05, 0.1) is 16.8 Å². The molecule has 0 aromatic heterocycles. The normalized spacial score (nSPS) is 15.1. The van der Waals surface area contributed by atoms with Crippen molar-refractivity contribution in [2.24, 2.45) is 0 Å². The molecule has 0 aliphatic heterocycles. The van der Waals surface area contributed by atoms with Crippen LogP contribution in [0.25, 0.3) is 66.8 Å². The van der Waals surface area contributed by atoms with Gasteiger partial charge in [-0.1, -0.05) is 222 Å². The Morgan fingerprint density at radius 3 is 1.29 bits per heavy atom. The first-order chi connectivity index (χ1) is 33.3. The minimum absolute atomic E-state index is 0.106. The molecular formula is C67H49N. The molecule has 10 aromatic rings. The maximum Gasteiger partial charge on any atom is 0.0725 e. The van der Waals surface area contributed by atoms with Crippen LogP contribution in [0.4, 0.5) is 17.1 Å². The van der Waals surface area contributed by atoms with Gasteiger partial charge in [-0.25, -0.2) is 0 Å². The molecule has 0 heterocycles. The first kappa shape index (κ1) is 39.2. The zero-order chi connectivity index (χ0) is 45.5. The number of anilines is 3. The number of hydrogen-bond donors (Lipinski definition) is 0. The number of nitrogens with zero attached hydrogens (tertiary/aromatic N) is 1. The summed E-state index contributed by atoms with van der Waals surface area (Å²) in [5.41, 5.74) is 29.0. The Bertz CT molecular complexity index is 3700. The number of fused-ring (bicyclic) bond motifs is 16. The van der Waals surface area contributed by atoms with Gasteiger partial charge in [0.1, 0.15) is 0 Å². The Balaban J connectivity index is 1.03. The topological polar surface area (TPSA) is 3.24 Å². The molecule has 4 aliphatic carbocycles. The van der Waals surface area contributed by atoms with Crippen molar-refractivity contribution in [3.63, 3.8) is 0 Å². The first-order valence-corrected chi connectivity index (χ1v) is 24.2. The van der Waals surface area contributed by atoms with E-state index >= 15 is 0 Å². The average Bonchev–Trinajstić information content (AvgIpc) is 4.02. The van der Waals surface area contributed by atoms with Crippen LogP contribution < -0.4 is 4.90 Å². The van der Waals surface area contributed by atoms with Crippen molar-refractivity contribution >= 4 is 17.1 Å². The van der Waals surface area contributed by atoms with E-state index < -0.39 is 5.41 Å². The van der Waals surface area contributed by atoms with E-state index in [4.69, 9.17) is 0 Å². The van der Waals surface area contributed by atoms with E-state index in [1.54, 1.807) is 0 Å². The van der Waals surface area contributed by atoms with Crippen LogP contribution in [0.1, 0.15) is 72.2 Å². The molecule has 0 saturated heterocycles. The molecule has 14 rings (SSSR count). The average molecular weight is 868 g/mol. The fraction of sp³-hybridized carbons (Fsp3) is 0.104. The highest BCUT2D eigenvalue weighted by atomic mass is 15.1. The molecule has 1 nitrogen and oxygen atoms in total. The third-order valence-corrected chi connectivity index (χ3v) is 16.3. The van der Waals surface area contributed by atoms with Crippen molar-refractivity contribution < 1.29 is 0 Å². The van der Waals surface area contributed by atoms with Crippen molar-refractivity contribution in [1.82, 2.24) is 0 Å². The molecule has 0 amide bonds. The Labute approximate surface area is 399 Å². The second-order valence-corrected chi connectivity index (χ2v) is 20.3. The van der Waals surface area contributed by atoms with Crippen LogP contribution in [-0.2, 0) is 16.2 Å². The van der Waals surface area contributed by atoms with Crippen LogP contribution in [-0.4, -0.2) is 0 Å². The van der Waals surface area contributed by atoms with Gasteiger partial charge in [-0.15, -0.1) is 0 Å². The summed E-state index contributed by atoms with van der Waals surface area (Å²) in [7, 11) is 0. The van der Waals surface area contributed by atoms with Crippen molar-refractivity contribution in [3.05, 3.63) is 269 Å². The Hall–Kier alpha value is -8.00. The van der Waals surface area contributed by atoms with Gasteiger partial charge in [-0.2, -0.15) is 0 Å². The largest absolute Gasteiger partial charge is 0.309 e. The molecule has 0 N–H and O–H groups in total. The van der Waals surface area contributed by atoms with E-state index in [2.05, 4.69) is 257 Å². The Kier molecular flexibility index (Phi) is 8.08. The predicted molar refractivity (Wildman–Crippen MR) is 283 cm³/mol. The fourth-order valence-electron chi connectivity index (χ4n) is 13.3. The zero-order valence-corrected chi connectivity index (χ0v) is 38.8. The van der Waals surface area contributed by atoms with E-state index in [1.165, 1.54) is 111 Å². The fourth-order valence-corrected chi connectivity index (χ4v) is 13.3. The third kappa shape index (κ3) is 5.06. The Morgan fingerprint density at radius 1 is 0.265 bits per heavy atom. The molecule has 0 saturated carbocycles. The highest BCUT2D eigenvalue weighted by Crippen LogP contribution is 2.64. The highest BCUT2D eigenvalue weighted by molar-refractivity contribution is 6.02. The lowest BCUT2D eigenvalue weighted by Crippen LogP contribution is -2.25. The van der Waals surface area contributed by atoms with Crippen LogP contribution in [0.15, 0.2) is 224 Å². The molecular weight excluding hydrogens is 819 g/mol. The maximum atomic E-state index is 2.56. The van der Waals surface area contributed by atoms with E-state index in [0.29, 0.717) is 0 Å². The van der Waals surface area contributed by atoms with Crippen molar-refractivity contribution in [2.75, 3.05) is 4.90 Å². The summed E-state index contributed by atoms with van der Waals surface area (Å²) in [5, 5.41) is 0. The first-order valence-electron chi connectivity index (χ1n) is 24.2. The van der Waals surface area contributed by atoms with Gasteiger partial charge >= 0.3 is 0 Å². The molecule has 1 heteroatoms. The minimum atomic E-state index is -0.436. The molecule has 0 unspecified atom stereocenters. The lowest BCUT2D eigenvalue weighted by molar-refractivity contribution is 0.660. The van der Waals surface area contributed by atoms with Gasteiger partial charge < -0.3 is 4.90 Å². The van der Waals surface area contributed by atoms with Crippen LogP contribution >= 0.6 is 0 Å².